The maximum atomic E-state index is 6.08. The van der Waals surface area contributed by atoms with Gasteiger partial charge in [-0.15, -0.1) is 0 Å². The molecule has 5 heteroatoms. The first-order chi connectivity index (χ1) is 9.26. The third-order valence-electron chi connectivity index (χ3n) is 3.41. The van der Waals surface area contributed by atoms with Crippen LogP contribution in [0, 0.1) is 0 Å². The minimum absolute atomic E-state index is 0.780. The molecule has 3 fully saturated rings. The molecule has 3 nitrogen and oxygen atoms in total. The Morgan fingerprint density at radius 1 is 0.684 bits per heavy atom. The van der Waals surface area contributed by atoms with E-state index in [1.165, 1.54) is 11.1 Å². The van der Waals surface area contributed by atoms with Gasteiger partial charge in [0.1, 0.15) is 0 Å². The van der Waals surface area contributed by atoms with E-state index in [4.69, 9.17) is 8.41 Å². The van der Waals surface area contributed by atoms with Crippen molar-refractivity contribution in [2.45, 2.75) is 12.3 Å². The van der Waals surface area contributed by atoms with E-state index >= 15 is 0 Å². The van der Waals surface area contributed by atoms with Crippen LogP contribution in [0.5, 0.6) is 0 Å². The average Bonchev–Trinajstić information content (AvgIpc) is 2.37. The predicted molar refractivity (Wildman–Crippen MR) is 76.2 cm³/mol. The predicted octanol–water partition coefficient (Wildman–Crippen LogP) is 3.75. The summed E-state index contributed by atoms with van der Waals surface area (Å²) in [7, 11) is -2.78. The number of hydrogen-bond acceptors (Lipinski definition) is 3. The van der Waals surface area contributed by atoms with Gasteiger partial charge in [-0.25, -0.2) is 0 Å². The molecule has 5 rings (SSSR count). The third-order valence-corrected chi connectivity index (χ3v) is 19.6. The molecule has 19 heavy (non-hydrogen) atoms. The molecule has 0 unspecified atom stereocenters. The molecular weight excluding hydrogens is 369 g/mol. The van der Waals surface area contributed by atoms with E-state index in [1.54, 1.807) is 0 Å². The molecule has 0 spiro atoms. The van der Waals surface area contributed by atoms with Gasteiger partial charge >= 0.3 is 121 Å². The van der Waals surface area contributed by atoms with E-state index in [0.717, 1.165) is 12.3 Å². The second-order valence-electron chi connectivity index (χ2n) is 4.98. The van der Waals surface area contributed by atoms with Crippen molar-refractivity contribution in [3.8, 4) is 0 Å². The second-order valence-corrected chi connectivity index (χ2v) is 14.0. The van der Waals surface area contributed by atoms with Gasteiger partial charge in [0.05, 0.1) is 0 Å². The maximum absolute atomic E-state index is 6.08. The molecule has 0 radical (unpaired) electrons. The zero-order valence-corrected chi connectivity index (χ0v) is 13.8. The van der Waals surface area contributed by atoms with E-state index in [1.807, 2.05) is 36.4 Å². The molecule has 98 valence electrons. The molecule has 0 aromatic heterocycles. The summed E-state index contributed by atoms with van der Waals surface area (Å²) >= 11 is -2.09. The topological polar surface area (TPSA) is 27.7 Å². The fraction of sp³-hybridized carbons (Fsp3) is 0.143. The van der Waals surface area contributed by atoms with E-state index < -0.39 is 28.8 Å². The van der Waals surface area contributed by atoms with Crippen molar-refractivity contribution >= 4 is 28.8 Å². The fourth-order valence-electron chi connectivity index (χ4n) is 2.57. The molecule has 0 saturated carbocycles. The molecule has 0 amide bonds. The van der Waals surface area contributed by atoms with Crippen LogP contribution in [-0.4, -0.2) is 21.5 Å². The molecule has 2 aromatic rings. The Kier molecular flexibility index (Phi) is 2.78. The summed E-state index contributed by atoms with van der Waals surface area (Å²) in [4.78, 5) is 0. The molecule has 2 bridgehead atoms. The number of rotatable bonds is 4. The molecule has 0 aliphatic carbocycles. The normalized spacial score (nSPS) is 24.5. The Morgan fingerprint density at radius 3 is 1.42 bits per heavy atom. The molecule has 3 aliphatic heterocycles. The van der Waals surface area contributed by atoms with E-state index in [0.29, 0.717) is 0 Å². The Bertz CT molecular complexity index is 539. The Morgan fingerprint density at radius 2 is 1.11 bits per heavy atom. The number of benzene rings is 2. The van der Waals surface area contributed by atoms with Crippen LogP contribution < -0.4 is 0 Å². The molecule has 3 heterocycles. The van der Waals surface area contributed by atoms with Gasteiger partial charge in [-0.3, -0.25) is 0 Å². The van der Waals surface area contributed by atoms with Crippen molar-refractivity contribution in [1.82, 2.24) is 0 Å². The molecule has 0 atom stereocenters. The fourth-order valence-corrected chi connectivity index (χ4v) is 16.7. The summed E-state index contributed by atoms with van der Waals surface area (Å²) < 4.78 is 18.2. The van der Waals surface area contributed by atoms with Crippen molar-refractivity contribution in [3.05, 3.63) is 71.8 Å². The van der Waals surface area contributed by atoms with Crippen LogP contribution >= 0.6 is 7.28 Å². The van der Waals surface area contributed by atoms with E-state index in [2.05, 4.69) is 24.3 Å². The van der Waals surface area contributed by atoms with E-state index in [-0.39, 0.29) is 0 Å². The van der Waals surface area contributed by atoms with Crippen molar-refractivity contribution in [2.75, 3.05) is 0 Å². The summed E-state index contributed by atoms with van der Waals surface area (Å²) in [5.41, 5.74) is 2.46. The van der Waals surface area contributed by atoms with Crippen LogP contribution in [0.25, 0.3) is 0 Å². The van der Waals surface area contributed by atoms with Crippen LogP contribution in [-0.2, 0) is 20.7 Å². The summed E-state index contributed by atoms with van der Waals surface area (Å²) in [6.07, 6.45) is 1.56. The molecule has 3 aliphatic rings. The Hall–Kier alpha value is -0.432. The first kappa shape index (κ1) is 12.3. The summed E-state index contributed by atoms with van der Waals surface area (Å²) in [6.45, 7) is 0. The summed E-state index contributed by atoms with van der Waals surface area (Å²) in [5.74, 6) is 0. The first-order valence-corrected chi connectivity index (χ1v) is 11.7. The Labute approximate surface area is 121 Å². The van der Waals surface area contributed by atoms with Gasteiger partial charge in [-0.05, 0) is 0 Å². The van der Waals surface area contributed by atoms with Gasteiger partial charge in [-0.1, -0.05) is 0 Å². The van der Waals surface area contributed by atoms with Crippen LogP contribution in [0.15, 0.2) is 60.7 Å². The third kappa shape index (κ3) is 2.05. The average molecular weight is 383 g/mol. The molecule has 2 aromatic carbocycles. The first-order valence-electron chi connectivity index (χ1n) is 6.26. The number of hydrogen-bond donors (Lipinski definition) is 0. The van der Waals surface area contributed by atoms with Gasteiger partial charge in [0.25, 0.3) is 0 Å². The SMILES string of the molecule is c1ccc(CP23(Cc4ccccc4)[O][Sb]([O]2)[O]3)cc1. The van der Waals surface area contributed by atoms with Crippen molar-refractivity contribution in [1.29, 1.82) is 0 Å². The van der Waals surface area contributed by atoms with Gasteiger partial charge in [0, 0.05) is 0 Å². The van der Waals surface area contributed by atoms with Crippen molar-refractivity contribution < 1.29 is 8.41 Å². The van der Waals surface area contributed by atoms with Gasteiger partial charge in [0.15, 0.2) is 0 Å². The van der Waals surface area contributed by atoms with Gasteiger partial charge in [0.2, 0.25) is 0 Å². The van der Waals surface area contributed by atoms with Crippen LogP contribution in [0.2, 0.25) is 0 Å². The van der Waals surface area contributed by atoms with E-state index in [9.17, 15) is 0 Å². The van der Waals surface area contributed by atoms with Crippen molar-refractivity contribution in [3.63, 3.8) is 0 Å². The second kappa shape index (κ2) is 4.28. The zero-order valence-electron chi connectivity index (χ0n) is 10.3. The molecule has 0 N–H and O–H groups in total. The monoisotopic (exact) mass is 382 g/mol. The van der Waals surface area contributed by atoms with Crippen molar-refractivity contribution in [2.24, 2.45) is 0 Å². The van der Waals surface area contributed by atoms with Gasteiger partial charge in [-0.2, -0.15) is 0 Å². The quantitative estimate of drug-likeness (QED) is 0.595. The van der Waals surface area contributed by atoms with Crippen LogP contribution in [0.3, 0.4) is 0 Å². The minimum atomic E-state index is -2.78. The standard InChI is InChI=1S/C14H14O3P.Sb/c15-18(16,17,11-13-7-3-1-4-8-13)12-14-9-5-2-6-10-14;/h1-10H,11-12H2;/q-3;+3. The van der Waals surface area contributed by atoms with Crippen LogP contribution in [0.1, 0.15) is 11.1 Å². The van der Waals surface area contributed by atoms with Gasteiger partial charge < -0.3 is 0 Å². The molecule has 3 saturated heterocycles. The Balaban J connectivity index is 1.62. The molecular formula is C14H14O3PSb. The summed E-state index contributed by atoms with van der Waals surface area (Å²) in [5, 5.41) is 0. The summed E-state index contributed by atoms with van der Waals surface area (Å²) in [6, 6.07) is 20.7. The zero-order chi connectivity index (χ0) is 12.8. The van der Waals surface area contributed by atoms with Crippen LogP contribution in [0.4, 0.5) is 0 Å².